The molecule has 0 atom stereocenters. The van der Waals surface area contributed by atoms with Gasteiger partial charge in [-0.2, -0.15) is 0 Å². The van der Waals surface area contributed by atoms with E-state index in [0.717, 1.165) is 17.9 Å². The lowest BCUT2D eigenvalue weighted by Gasteiger charge is -2.25. The van der Waals surface area contributed by atoms with Gasteiger partial charge in [0.1, 0.15) is 5.75 Å². The Labute approximate surface area is 109 Å². The Balaban J connectivity index is 2.83. The van der Waals surface area contributed by atoms with Crippen LogP contribution in [0, 0.1) is 0 Å². The first-order valence-electron chi connectivity index (χ1n) is 6.33. The largest absolute Gasteiger partial charge is 0.496 e. The lowest BCUT2D eigenvalue weighted by molar-refractivity contribution is 0.159. The van der Waals surface area contributed by atoms with Crippen molar-refractivity contribution >= 4 is 0 Å². The van der Waals surface area contributed by atoms with E-state index < -0.39 is 0 Å². The number of hydrogen-bond donors (Lipinski definition) is 2. The fourth-order valence-corrected chi connectivity index (χ4v) is 1.94. The van der Waals surface area contributed by atoms with Gasteiger partial charge in [-0.15, -0.1) is 0 Å². The highest BCUT2D eigenvalue weighted by molar-refractivity contribution is 5.37. The van der Waals surface area contributed by atoms with E-state index in [1.54, 1.807) is 7.11 Å². The summed E-state index contributed by atoms with van der Waals surface area (Å²) in [5, 5.41) is 9.06. The fraction of sp³-hybridized carbons (Fsp3) is 0.571. The first-order chi connectivity index (χ1) is 8.62. The molecule has 1 aromatic carbocycles. The van der Waals surface area contributed by atoms with Crippen molar-refractivity contribution in [2.75, 3.05) is 20.3 Å². The van der Waals surface area contributed by atoms with E-state index in [2.05, 4.69) is 24.8 Å². The van der Waals surface area contributed by atoms with Crippen LogP contribution in [0.5, 0.6) is 5.75 Å². The summed E-state index contributed by atoms with van der Waals surface area (Å²) in [4.78, 5) is 2.22. The molecule has 0 saturated heterocycles. The molecule has 1 rings (SSSR count). The summed E-state index contributed by atoms with van der Waals surface area (Å²) in [7, 11) is 1.66. The second-order valence-corrected chi connectivity index (χ2v) is 4.64. The third kappa shape index (κ3) is 3.98. The number of aliphatic hydroxyl groups excluding tert-OH is 1. The predicted molar refractivity (Wildman–Crippen MR) is 73.5 cm³/mol. The molecule has 0 aromatic heterocycles. The van der Waals surface area contributed by atoms with E-state index in [4.69, 9.17) is 15.6 Å². The minimum absolute atomic E-state index is 0.177. The summed E-state index contributed by atoms with van der Waals surface area (Å²) in [5.41, 5.74) is 7.84. The van der Waals surface area contributed by atoms with Gasteiger partial charge in [-0.3, -0.25) is 4.90 Å². The average Bonchev–Trinajstić information content (AvgIpc) is 2.37. The molecule has 3 N–H and O–H groups in total. The number of rotatable bonds is 7. The van der Waals surface area contributed by atoms with Crippen molar-refractivity contribution in [2.24, 2.45) is 5.73 Å². The Morgan fingerprint density at radius 3 is 2.61 bits per heavy atom. The maximum absolute atomic E-state index is 9.06. The Bertz CT molecular complexity index is 367. The van der Waals surface area contributed by atoms with Crippen molar-refractivity contribution in [3.8, 4) is 5.75 Å². The Morgan fingerprint density at radius 1 is 1.39 bits per heavy atom. The highest BCUT2D eigenvalue weighted by atomic mass is 16.5. The van der Waals surface area contributed by atoms with Crippen LogP contribution in [0.1, 0.15) is 25.0 Å². The molecule has 0 saturated carbocycles. The number of hydrogen-bond acceptors (Lipinski definition) is 4. The molecule has 0 aliphatic heterocycles. The van der Waals surface area contributed by atoms with Crippen LogP contribution < -0.4 is 10.5 Å². The molecular weight excluding hydrogens is 228 g/mol. The fourth-order valence-electron chi connectivity index (χ4n) is 1.94. The maximum atomic E-state index is 9.06. The third-order valence-electron chi connectivity index (χ3n) is 3.07. The highest BCUT2D eigenvalue weighted by Crippen LogP contribution is 2.21. The van der Waals surface area contributed by atoms with E-state index in [1.807, 2.05) is 12.1 Å². The molecule has 18 heavy (non-hydrogen) atoms. The molecule has 0 aliphatic rings. The van der Waals surface area contributed by atoms with Gasteiger partial charge in [-0.05, 0) is 25.5 Å². The summed E-state index contributed by atoms with van der Waals surface area (Å²) in [6.45, 7) is 6.39. The van der Waals surface area contributed by atoms with Crippen molar-refractivity contribution in [2.45, 2.75) is 33.0 Å². The monoisotopic (exact) mass is 252 g/mol. The van der Waals surface area contributed by atoms with Crippen LogP contribution in [-0.4, -0.2) is 36.3 Å². The molecule has 0 bridgehead atoms. The van der Waals surface area contributed by atoms with Crippen molar-refractivity contribution in [1.29, 1.82) is 0 Å². The zero-order chi connectivity index (χ0) is 13.5. The van der Waals surface area contributed by atoms with E-state index in [0.29, 0.717) is 19.1 Å². The van der Waals surface area contributed by atoms with Crippen LogP contribution >= 0.6 is 0 Å². The molecule has 1 aromatic rings. The normalized spacial score (nSPS) is 11.3. The molecule has 102 valence electrons. The van der Waals surface area contributed by atoms with Crippen molar-refractivity contribution in [1.82, 2.24) is 4.90 Å². The zero-order valence-corrected chi connectivity index (χ0v) is 11.5. The summed E-state index contributed by atoms with van der Waals surface area (Å²) in [6, 6.07) is 6.50. The molecule has 0 spiro atoms. The van der Waals surface area contributed by atoms with Crippen LogP contribution in [0.2, 0.25) is 0 Å². The summed E-state index contributed by atoms with van der Waals surface area (Å²) in [6.07, 6.45) is 0. The standard InChI is InChI=1S/C14H24N2O2/c1-11(2)16(6-7-17)10-12-4-5-13(9-15)14(8-12)18-3/h4-5,8,11,17H,6-7,9-10,15H2,1-3H3. The smallest absolute Gasteiger partial charge is 0.123 e. The SMILES string of the molecule is COc1cc(CN(CCO)C(C)C)ccc1CN. The van der Waals surface area contributed by atoms with Gasteiger partial charge in [-0.1, -0.05) is 12.1 Å². The van der Waals surface area contributed by atoms with Gasteiger partial charge in [0.05, 0.1) is 13.7 Å². The molecule has 0 unspecified atom stereocenters. The number of nitrogens with two attached hydrogens (primary N) is 1. The number of benzene rings is 1. The van der Waals surface area contributed by atoms with Crippen LogP contribution in [0.4, 0.5) is 0 Å². The number of nitrogens with zero attached hydrogens (tertiary/aromatic N) is 1. The van der Waals surface area contributed by atoms with Crippen LogP contribution in [0.15, 0.2) is 18.2 Å². The highest BCUT2D eigenvalue weighted by Gasteiger charge is 2.11. The number of aliphatic hydroxyl groups is 1. The first-order valence-corrected chi connectivity index (χ1v) is 6.33. The van der Waals surface area contributed by atoms with E-state index in [1.165, 1.54) is 5.56 Å². The second-order valence-electron chi connectivity index (χ2n) is 4.64. The van der Waals surface area contributed by atoms with Gasteiger partial charge < -0.3 is 15.6 Å². The molecular formula is C14H24N2O2. The maximum Gasteiger partial charge on any atom is 0.123 e. The quantitative estimate of drug-likeness (QED) is 0.769. The number of ether oxygens (including phenoxy) is 1. The summed E-state index contributed by atoms with van der Waals surface area (Å²) >= 11 is 0. The van der Waals surface area contributed by atoms with E-state index >= 15 is 0 Å². The van der Waals surface area contributed by atoms with Gasteiger partial charge in [0, 0.05) is 31.2 Å². The Kier molecular flexibility index (Phi) is 6.12. The van der Waals surface area contributed by atoms with Crippen molar-refractivity contribution < 1.29 is 9.84 Å². The molecule has 0 heterocycles. The minimum Gasteiger partial charge on any atom is -0.496 e. The van der Waals surface area contributed by atoms with Crippen molar-refractivity contribution in [3.63, 3.8) is 0 Å². The Morgan fingerprint density at radius 2 is 2.11 bits per heavy atom. The molecule has 0 fully saturated rings. The van der Waals surface area contributed by atoms with Crippen LogP contribution in [0.25, 0.3) is 0 Å². The first kappa shape index (κ1) is 15.0. The molecule has 0 aliphatic carbocycles. The molecule has 4 heteroatoms. The second kappa shape index (κ2) is 7.36. The third-order valence-corrected chi connectivity index (χ3v) is 3.07. The average molecular weight is 252 g/mol. The summed E-state index contributed by atoms with van der Waals surface area (Å²) < 4.78 is 5.33. The summed E-state index contributed by atoms with van der Waals surface area (Å²) in [5.74, 6) is 0.836. The number of methoxy groups -OCH3 is 1. The van der Waals surface area contributed by atoms with Gasteiger partial charge in [0.15, 0.2) is 0 Å². The van der Waals surface area contributed by atoms with Crippen molar-refractivity contribution in [3.05, 3.63) is 29.3 Å². The van der Waals surface area contributed by atoms with Gasteiger partial charge in [-0.25, -0.2) is 0 Å². The Hall–Kier alpha value is -1.10. The van der Waals surface area contributed by atoms with E-state index in [-0.39, 0.29) is 6.61 Å². The van der Waals surface area contributed by atoms with Gasteiger partial charge in [0.25, 0.3) is 0 Å². The lowest BCUT2D eigenvalue weighted by Crippen LogP contribution is -2.32. The topological polar surface area (TPSA) is 58.7 Å². The zero-order valence-electron chi connectivity index (χ0n) is 11.5. The predicted octanol–water partition coefficient (Wildman–Crippen LogP) is 1.36. The molecule has 0 amide bonds. The molecule has 0 radical (unpaired) electrons. The van der Waals surface area contributed by atoms with Gasteiger partial charge in [0.2, 0.25) is 0 Å². The van der Waals surface area contributed by atoms with Crippen LogP contribution in [0.3, 0.4) is 0 Å². The van der Waals surface area contributed by atoms with Crippen LogP contribution in [-0.2, 0) is 13.1 Å². The lowest BCUT2D eigenvalue weighted by atomic mass is 10.1. The van der Waals surface area contributed by atoms with Gasteiger partial charge >= 0.3 is 0 Å². The molecule has 4 nitrogen and oxygen atoms in total. The van der Waals surface area contributed by atoms with E-state index in [9.17, 15) is 0 Å². The minimum atomic E-state index is 0.177.